The number of fused-ring (bicyclic) bond motifs is 3. The lowest BCUT2D eigenvalue weighted by Crippen LogP contribution is -2.46. The average Bonchev–Trinajstić information content (AvgIpc) is 2.94. The van der Waals surface area contributed by atoms with Crippen LogP contribution in [0.1, 0.15) is 36.8 Å². The summed E-state index contributed by atoms with van der Waals surface area (Å²) in [6.45, 7) is 0.882. The molecular formula is C17H20N4. The number of aromatic nitrogens is 1. The van der Waals surface area contributed by atoms with Crippen LogP contribution >= 0.6 is 0 Å². The van der Waals surface area contributed by atoms with E-state index in [0.717, 1.165) is 36.0 Å². The minimum absolute atomic E-state index is 0.363. The molecule has 2 atom stereocenters. The van der Waals surface area contributed by atoms with E-state index >= 15 is 0 Å². The summed E-state index contributed by atoms with van der Waals surface area (Å²) in [6, 6.07) is 9.98. The molecule has 2 aliphatic heterocycles. The third-order valence-corrected chi connectivity index (χ3v) is 5.15. The normalized spacial score (nSPS) is 28.9. The molecule has 4 heteroatoms. The Morgan fingerprint density at radius 3 is 2.71 bits per heavy atom. The monoisotopic (exact) mass is 280 g/mol. The van der Waals surface area contributed by atoms with Gasteiger partial charge in [0.25, 0.3) is 0 Å². The van der Waals surface area contributed by atoms with E-state index in [0.29, 0.717) is 18.1 Å². The quantitative estimate of drug-likeness (QED) is 0.918. The van der Waals surface area contributed by atoms with Crippen LogP contribution in [0.2, 0.25) is 0 Å². The van der Waals surface area contributed by atoms with Crippen molar-refractivity contribution in [3.63, 3.8) is 0 Å². The van der Waals surface area contributed by atoms with E-state index in [1.165, 1.54) is 12.8 Å². The van der Waals surface area contributed by atoms with Crippen LogP contribution in [-0.4, -0.2) is 27.4 Å². The fourth-order valence-electron chi connectivity index (χ4n) is 4.20. The van der Waals surface area contributed by atoms with Gasteiger partial charge in [-0.15, -0.1) is 0 Å². The lowest BCUT2D eigenvalue weighted by molar-refractivity contribution is 0.120. The highest BCUT2D eigenvalue weighted by Gasteiger charge is 2.39. The van der Waals surface area contributed by atoms with Crippen LogP contribution in [0.3, 0.4) is 0 Å². The van der Waals surface area contributed by atoms with E-state index in [4.69, 9.17) is 5.73 Å². The number of nitrogens with zero attached hydrogens (tertiary/aromatic N) is 3. The molecule has 0 aromatic carbocycles. The van der Waals surface area contributed by atoms with Gasteiger partial charge in [0.15, 0.2) is 0 Å². The predicted molar refractivity (Wildman–Crippen MR) is 81.7 cm³/mol. The first kappa shape index (κ1) is 12.9. The molecule has 2 saturated heterocycles. The van der Waals surface area contributed by atoms with Crippen LogP contribution in [0.4, 0.5) is 0 Å². The Hall–Kier alpha value is -1.83. The fraction of sp³-hybridized carbons (Fsp3) is 0.471. The van der Waals surface area contributed by atoms with Gasteiger partial charge in [-0.3, -0.25) is 4.90 Å². The van der Waals surface area contributed by atoms with Crippen LogP contribution in [0.25, 0.3) is 5.52 Å². The second-order valence-corrected chi connectivity index (χ2v) is 6.42. The second kappa shape index (κ2) is 4.87. The number of hydrogen-bond donors (Lipinski definition) is 1. The summed E-state index contributed by atoms with van der Waals surface area (Å²) in [5, 5.41) is 9.52. The third-order valence-electron chi connectivity index (χ3n) is 5.15. The van der Waals surface area contributed by atoms with Crippen LogP contribution in [0.15, 0.2) is 30.6 Å². The summed E-state index contributed by atoms with van der Waals surface area (Å²) in [7, 11) is 0. The molecule has 2 aromatic heterocycles. The molecule has 4 nitrogen and oxygen atoms in total. The van der Waals surface area contributed by atoms with Crippen molar-refractivity contribution in [2.24, 2.45) is 5.73 Å². The topological polar surface area (TPSA) is 57.5 Å². The van der Waals surface area contributed by atoms with Gasteiger partial charge in [-0.05, 0) is 37.8 Å². The summed E-state index contributed by atoms with van der Waals surface area (Å²) < 4.78 is 2.06. The van der Waals surface area contributed by atoms with E-state index in [-0.39, 0.29) is 0 Å². The Labute approximate surface area is 124 Å². The Kier molecular flexibility index (Phi) is 2.99. The number of nitrogens with two attached hydrogens (primary N) is 1. The molecule has 0 saturated carbocycles. The van der Waals surface area contributed by atoms with Gasteiger partial charge in [0.1, 0.15) is 6.07 Å². The Morgan fingerprint density at radius 2 is 2.00 bits per heavy atom. The van der Waals surface area contributed by atoms with E-state index in [1.54, 1.807) is 0 Å². The highest BCUT2D eigenvalue weighted by Crippen LogP contribution is 2.36. The molecule has 2 aliphatic rings. The Bertz CT molecular complexity index is 697. The summed E-state index contributed by atoms with van der Waals surface area (Å²) >= 11 is 0. The van der Waals surface area contributed by atoms with Crippen molar-refractivity contribution in [3.8, 4) is 6.07 Å². The van der Waals surface area contributed by atoms with Gasteiger partial charge in [0.2, 0.25) is 0 Å². The number of nitriles is 1. The van der Waals surface area contributed by atoms with E-state index in [2.05, 4.69) is 21.6 Å². The van der Waals surface area contributed by atoms with E-state index in [1.807, 2.05) is 24.4 Å². The van der Waals surface area contributed by atoms with Gasteiger partial charge < -0.3 is 10.1 Å². The SMILES string of the molecule is N#Cc1c(CN2C3CCC2CC(N)C3)cn2ccccc12. The standard InChI is InChI=1S/C17H20N4/c18-9-16-12(10-20-6-2-1-3-17(16)20)11-21-14-4-5-15(21)8-13(19)7-14/h1-3,6,10,13-15H,4-5,7-8,11,19H2. The number of pyridine rings is 1. The smallest absolute Gasteiger partial charge is 0.102 e. The first-order valence-electron chi connectivity index (χ1n) is 7.76. The summed E-state index contributed by atoms with van der Waals surface area (Å²) in [4.78, 5) is 2.58. The molecule has 0 spiro atoms. The van der Waals surface area contributed by atoms with Crippen molar-refractivity contribution in [2.75, 3.05) is 0 Å². The zero-order chi connectivity index (χ0) is 14.4. The fourth-order valence-corrected chi connectivity index (χ4v) is 4.20. The van der Waals surface area contributed by atoms with Crippen LogP contribution in [0, 0.1) is 11.3 Å². The van der Waals surface area contributed by atoms with E-state index < -0.39 is 0 Å². The van der Waals surface area contributed by atoms with Crippen molar-refractivity contribution in [3.05, 3.63) is 41.7 Å². The lowest BCUT2D eigenvalue weighted by Gasteiger charge is -2.37. The van der Waals surface area contributed by atoms with Crippen molar-refractivity contribution in [1.29, 1.82) is 5.26 Å². The molecule has 2 aromatic rings. The molecule has 2 fully saturated rings. The van der Waals surface area contributed by atoms with Crippen LogP contribution < -0.4 is 5.73 Å². The second-order valence-electron chi connectivity index (χ2n) is 6.42. The minimum Gasteiger partial charge on any atom is -0.328 e. The lowest BCUT2D eigenvalue weighted by atomic mass is 9.97. The van der Waals surface area contributed by atoms with Gasteiger partial charge >= 0.3 is 0 Å². The number of piperidine rings is 1. The molecule has 2 bridgehead atoms. The number of rotatable bonds is 2. The van der Waals surface area contributed by atoms with Crippen molar-refractivity contribution >= 4 is 5.52 Å². The van der Waals surface area contributed by atoms with Crippen molar-refractivity contribution < 1.29 is 0 Å². The van der Waals surface area contributed by atoms with Gasteiger partial charge in [-0.1, -0.05) is 6.07 Å². The number of hydrogen-bond acceptors (Lipinski definition) is 3. The van der Waals surface area contributed by atoms with Crippen molar-refractivity contribution in [1.82, 2.24) is 9.30 Å². The predicted octanol–water partition coefficient (Wildman–Crippen LogP) is 2.27. The Morgan fingerprint density at radius 1 is 1.24 bits per heavy atom. The molecule has 21 heavy (non-hydrogen) atoms. The summed E-state index contributed by atoms with van der Waals surface area (Å²) in [5.41, 5.74) is 9.13. The molecular weight excluding hydrogens is 260 g/mol. The van der Waals surface area contributed by atoms with Gasteiger partial charge in [-0.2, -0.15) is 5.26 Å². The van der Waals surface area contributed by atoms with Gasteiger partial charge in [0, 0.05) is 42.6 Å². The minimum atomic E-state index is 0.363. The molecule has 2 N–H and O–H groups in total. The highest BCUT2D eigenvalue weighted by molar-refractivity contribution is 5.65. The van der Waals surface area contributed by atoms with Gasteiger partial charge in [0.05, 0.1) is 11.1 Å². The van der Waals surface area contributed by atoms with Crippen LogP contribution in [-0.2, 0) is 6.54 Å². The highest BCUT2D eigenvalue weighted by atomic mass is 15.2. The summed E-state index contributed by atoms with van der Waals surface area (Å²) in [5.74, 6) is 0. The zero-order valence-corrected chi connectivity index (χ0v) is 12.1. The third kappa shape index (κ3) is 2.05. The molecule has 0 radical (unpaired) electrons. The Balaban J connectivity index is 1.68. The maximum atomic E-state index is 9.52. The first-order valence-corrected chi connectivity index (χ1v) is 7.76. The molecule has 0 amide bonds. The maximum absolute atomic E-state index is 9.52. The molecule has 0 aliphatic carbocycles. The molecule has 4 heterocycles. The molecule has 2 unspecified atom stereocenters. The summed E-state index contributed by atoms with van der Waals surface area (Å²) in [6.07, 6.45) is 8.85. The molecule has 4 rings (SSSR count). The maximum Gasteiger partial charge on any atom is 0.102 e. The van der Waals surface area contributed by atoms with Crippen molar-refractivity contribution in [2.45, 2.75) is 50.4 Å². The van der Waals surface area contributed by atoms with E-state index in [9.17, 15) is 5.26 Å². The van der Waals surface area contributed by atoms with Gasteiger partial charge in [-0.25, -0.2) is 0 Å². The molecule has 108 valence electrons. The average molecular weight is 280 g/mol. The largest absolute Gasteiger partial charge is 0.328 e. The zero-order valence-electron chi connectivity index (χ0n) is 12.1. The first-order chi connectivity index (χ1) is 10.3. The van der Waals surface area contributed by atoms with Crippen LogP contribution in [0.5, 0.6) is 0 Å².